The molecule has 0 bridgehead atoms. The van der Waals surface area contributed by atoms with Crippen molar-refractivity contribution in [2.75, 3.05) is 22.4 Å². The average molecular weight is 474 g/mol. The zero-order valence-electron chi connectivity index (χ0n) is 18.2. The van der Waals surface area contributed by atoms with Crippen LogP contribution in [0.15, 0.2) is 36.4 Å². The molecule has 0 atom stereocenters. The van der Waals surface area contributed by atoms with Crippen molar-refractivity contribution in [3.63, 3.8) is 0 Å². The Morgan fingerprint density at radius 1 is 1.09 bits per heavy atom. The van der Waals surface area contributed by atoms with Gasteiger partial charge in [-0.3, -0.25) is 9.52 Å². The molecule has 0 saturated carbocycles. The van der Waals surface area contributed by atoms with E-state index in [4.69, 9.17) is 11.6 Å². The van der Waals surface area contributed by atoms with E-state index in [2.05, 4.69) is 21.9 Å². The molecule has 32 heavy (non-hydrogen) atoms. The molecule has 9 heteroatoms. The molecule has 1 saturated heterocycles. The van der Waals surface area contributed by atoms with Crippen LogP contribution in [0, 0.1) is 11.8 Å². The lowest BCUT2D eigenvalue weighted by Gasteiger charge is -2.28. The van der Waals surface area contributed by atoms with Crippen molar-refractivity contribution in [2.24, 2.45) is 0 Å². The fourth-order valence-corrected chi connectivity index (χ4v) is 3.90. The van der Waals surface area contributed by atoms with E-state index < -0.39 is 16.1 Å². The molecule has 3 amide bonds. The number of hydrogen-bond acceptors (Lipinski definition) is 4. The number of halogens is 1. The second-order valence-electron chi connectivity index (χ2n) is 8.55. The molecule has 1 heterocycles. The van der Waals surface area contributed by atoms with Crippen molar-refractivity contribution in [1.29, 1.82) is 0 Å². The van der Waals surface area contributed by atoms with Crippen LogP contribution in [-0.2, 0) is 20.2 Å². The molecule has 0 radical (unpaired) electrons. The van der Waals surface area contributed by atoms with E-state index in [1.54, 1.807) is 18.2 Å². The van der Waals surface area contributed by atoms with Gasteiger partial charge < -0.3 is 5.32 Å². The SMILES string of the molecule is CC(C)(C)c1cc(C#Cc2ccc(NS(C)(=O)=O)cc2Cl)cc(N2C(=O)CCNC2=O)c1. The third-order valence-corrected chi connectivity index (χ3v) is 5.64. The van der Waals surface area contributed by atoms with Gasteiger partial charge in [0, 0.05) is 24.1 Å². The Kier molecular flexibility index (Phi) is 6.54. The van der Waals surface area contributed by atoms with Crippen LogP contribution in [0.4, 0.5) is 16.2 Å². The van der Waals surface area contributed by atoms with Crippen molar-refractivity contribution >= 4 is 44.9 Å². The van der Waals surface area contributed by atoms with Crippen molar-refractivity contribution in [3.8, 4) is 11.8 Å². The monoisotopic (exact) mass is 473 g/mol. The van der Waals surface area contributed by atoms with Gasteiger partial charge in [-0.1, -0.05) is 44.2 Å². The van der Waals surface area contributed by atoms with Crippen LogP contribution >= 0.6 is 11.6 Å². The maximum atomic E-state index is 12.4. The summed E-state index contributed by atoms with van der Waals surface area (Å²) in [4.78, 5) is 25.9. The Labute approximate surface area is 193 Å². The van der Waals surface area contributed by atoms with Crippen LogP contribution < -0.4 is 14.9 Å². The minimum Gasteiger partial charge on any atom is -0.337 e. The van der Waals surface area contributed by atoms with Gasteiger partial charge in [-0.15, -0.1) is 0 Å². The summed E-state index contributed by atoms with van der Waals surface area (Å²) in [6.45, 7) is 6.42. The van der Waals surface area contributed by atoms with Crippen LogP contribution in [0.5, 0.6) is 0 Å². The normalized spacial score (nSPS) is 14.5. The van der Waals surface area contributed by atoms with E-state index in [-0.39, 0.29) is 17.7 Å². The number of nitrogens with one attached hydrogen (secondary N) is 2. The number of anilines is 2. The molecule has 0 aromatic heterocycles. The first-order valence-corrected chi connectivity index (χ1v) is 12.2. The Morgan fingerprint density at radius 2 is 1.81 bits per heavy atom. The Balaban J connectivity index is 2.01. The highest BCUT2D eigenvalue weighted by Gasteiger charge is 2.28. The lowest BCUT2D eigenvalue weighted by Crippen LogP contribution is -2.50. The van der Waals surface area contributed by atoms with Crippen LogP contribution in [-0.4, -0.2) is 33.2 Å². The molecular formula is C23H24ClN3O4S. The Hall–Kier alpha value is -3.02. The molecule has 0 aliphatic carbocycles. The van der Waals surface area contributed by atoms with Gasteiger partial charge in [0.05, 0.1) is 22.7 Å². The lowest BCUT2D eigenvalue weighted by atomic mass is 9.85. The number of hydrogen-bond donors (Lipinski definition) is 2. The second-order valence-corrected chi connectivity index (χ2v) is 10.7. The van der Waals surface area contributed by atoms with Gasteiger partial charge >= 0.3 is 6.03 Å². The molecule has 1 aliphatic heterocycles. The highest BCUT2D eigenvalue weighted by molar-refractivity contribution is 7.92. The third-order valence-electron chi connectivity index (χ3n) is 4.72. The first kappa shape index (κ1) is 23.6. The zero-order valence-corrected chi connectivity index (χ0v) is 19.8. The molecule has 2 aromatic carbocycles. The number of carbonyl (C=O) groups is 2. The smallest absolute Gasteiger partial charge is 0.328 e. The van der Waals surface area contributed by atoms with Gasteiger partial charge in [0.2, 0.25) is 15.9 Å². The van der Waals surface area contributed by atoms with Crippen molar-refractivity contribution in [1.82, 2.24) is 5.32 Å². The molecule has 2 aromatic rings. The fourth-order valence-electron chi connectivity index (χ4n) is 3.12. The van der Waals surface area contributed by atoms with E-state index in [0.29, 0.717) is 34.1 Å². The maximum Gasteiger partial charge on any atom is 0.328 e. The number of sulfonamides is 1. The number of amides is 3. The predicted molar refractivity (Wildman–Crippen MR) is 127 cm³/mol. The second kappa shape index (κ2) is 8.85. The molecule has 1 aliphatic rings. The van der Waals surface area contributed by atoms with Crippen LogP contribution in [0.1, 0.15) is 43.9 Å². The summed E-state index contributed by atoms with van der Waals surface area (Å²) in [7, 11) is -3.41. The number of nitrogens with zero attached hydrogens (tertiary/aromatic N) is 1. The molecule has 1 fully saturated rings. The number of carbonyl (C=O) groups excluding carboxylic acids is 2. The number of urea groups is 1. The third kappa shape index (κ3) is 5.81. The number of rotatable bonds is 3. The summed E-state index contributed by atoms with van der Waals surface area (Å²) in [5, 5.41) is 2.98. The van der Waals surface area contributed by atoms with Crippen molar-refractivity contribution in [2.45, 2.75) is 32.6 Å². The minimum absolute atomic E-state index is 0.232. The van der Waals surface area contributed by atoms with Gasteiger partial charge in [-0.05, 0) is 47.4 Å². The van der Waals surface area contributed by atoms with E-state index in [9.17, 15) is 18.0 Å². The average Bonchev–Trinajstić information content (AvgIpc) is 2.65. The predicted octanol–water partition coefficient (Wildman–Crippen LogP) is 3.86. The van der Waals surface area contributed by atoms with Crippen LogP contribution in [0.2, 0.25) is 5.02 Å². The van der Waals surface area contributed by atoms with Gasteiger partial charge in [0.25, 0.3) is 0 Å². The van der Waals surface area contributed by atoms with Gasteiger partial charge in [0.15, 0.2) is 0 Å². The zero-order chi connectivity index (χ0) is 23.7. The van der Waals surface area contributed by atoms with Gasteiger partial charge in [0.1, 0.15) is 0 Å². The highest BCUT2D eigenvalue weighted by atomic mass is 35.5. The van der Waals surface area contributed by atoms with Crippen molar-refractivity contribution < 1.29 is 18.0 Å². The van der Waals surface area contributed by atoms with Crippen LogP contribution in [0.3, 0.4) is 0 Å². The Bertz CT molecular complexity index is 1240. The summed E-state index contributed by atoms with van der Waals surface area (Å²) in [6, 6.07) is 9.66. The van der Waals surface area contributed by atoms with E-state index in [1.807, 2.05) is 32.9 Å². The quantitative estimate of drug-likeness (QED) is 0.662. The molecule has 168 valence electrons. The maximum absolute atomic E-state index is 12.4. The van der Waals surface area contributed by atoms with Gasteiger partial charge in [-0.25, -0.2) is 18.1 Å². The topological polar surface area (TPSA) is 95.6 Å². The standard InChI is InChI=1S/C23H24ClN3O4S/c1-23(2,3)17-11-15(12-19(13-17)27-21(28)9-10-25-22(27)29)5-6-16-7-8-18(14-20(16)24)26-32(4,30)31/h7-8,11-14,26H,9-10H2,1-4H3,(H,25,29). The van der Waals surface area contributed by atoms with E-state index >= 15 is 0 Å². The highest BCUT2D eigenvalue weighted by Crippen LogP contribution is 2.29. The first-order valence-electron chi connectivity index (χ1n) is 9.89. The molecule has 0 unspecified atom stereocenters. The summed E-state index contributed by atoms with van der Waals surface area (Å²) in [5.41, 5.74) is 2.62. The molecule has 0 spiro atoms. The molecule has 3 rings (SSSR count). The number of benzene rings is 2. The summed E-state index contributed by atoms with van der Waals surface area (Å²) < 4.78 is 25.1. The van der Waals surface area contributed by atoms with E-state index in [1.165, 1.54) is 6.07 Å². The molecule has 2 N–H and O–H groups in total. The first-order chi connectivity index (χ1) is 14.8. The molecule has 7 nitrogen and oxygen atoms in total. The van der Waals surface area contributed by atoms with Gasteiger partial charge in [-0.2, -0.15) is 0 Å². The Morgan fingerprint density at radius 3 is 2.41 bits per heavy atom. The summed E-state index contributed by atoms with van der Waals surface area (Å²) >= 11 is 6.28. The van der Waals surface area contributed by atoms with Crippen molar-refractivity contribution in [3.05, 3.63) is 58.1 Å². The summed E-state index contributed by atoms with van der Waals surface area (Å²) in [5.74, 6) is 5.77. The largest absolute Gasteiger partial charge is 0.337 e. The minimum atomic E-state index is -3.41. The fraction of sp³-hybridized carbons (Fsp3) is 0.304. The molecular weight excluding hydrogens is 450 g/mol. The lowest BCUT2D eigenvalue weighted by molar-refractivity contribution is -0.118. The number of imide groups is 1. The van der Waals surface area contributed by atoms with E-state index in [0.717, 1.165) is 16.7 Å². The van der Waals surface area contributed by atoms with Crippen LogP contribution in [0.25, 0.3) is 0 Å². The summed E-state index contributed by atoms with van der Waals surface area (Å²) in [6.07, 6.45) is 1.29.